The summed E-state index contributed by atoms with van der Waals surface area (Å²) in [5, 5.41) is 13.3. The molecule has 1 aliphatic carbocycles. The van der Waals surface area contributed by atoms with Crippen molar-refractivity contribution in [1.82, 2.24) is 15.5 Å². The average molecular weight is 330 g/mol. The van der Waals surface area contributed by atoms with Crippen molar-refractivity contribution in [2.75, 3.05) is 39.3 Å². The van der Waals surface area contributed by atoms with Crippen molar-refractivity contribution in [2.45, 2.75) is 40.7 Å². The Hall–Kier alpha value is -0.410. The first-order chi connectivity index (χ1) is 10.1. The lowest BCUT2D eigenvalue weighted by atomic mass is 9.89. The molecule has 1 saturated heterocycles. The van der Waals surface area contributed by atoms with Crippen molar-refractivity contribution in [3.05, 3.63) is 0 Å². The van der Waals surface area contributed by atoms with Crippen LogP contribution in [-0.2, 0) is 9.47 Å². The molecule has 0 amide bonds. The lowest BCUT2D eigenvalue weighted by Crippen LogP contribution is -2.48. The van der Waals surface area contributed by atoms with Crippen molar-refractivity contribution in [1.29, 1.82) is 0 Å². The normalized spacial score (nSPS) is 28.1. The molecule has 0 bridgehead atoms. The van der Waals surface area contributed by atoms with Gasteiger partial charge in [-0.3, -0.25) is 0 Å². The number of thioether (sulfide) groups is 1. The van der Waals surface area contributed by atoms with E-state index in [-0.39, 0.29) is 5.79 Å². The Morgan fingerprint density at radius 2 is 2.10 bits per heavy atom. The molecular weight excluding hydrogens is 308 g/mol. The van der Waals surface area contributed by atoms with E-state index in [0.717, 1.165) is 28.7 Å². The molecule has 1 aromatic heterocycles. The molecule has 0 radical (unpaired) electrons. The fraction of sp³-hybridized carbons (Fsp3) is 0.846. The summed E-state index contributed by atoms with van der Waals surface area (Å²) >= 11 is 3.43. The third-order valence-electron chi connectivity index (χ3n) is 4.01. The van der Waals surface area contributed by atoms with Crippen LogP contribution in [0.25, 0.3) is 0 Å². The number of rotatable bonds is 4. The molecule has 2 fully saturated rings. The smallest absolute Gasteiger partial charge is 0.208 e. The van der Waals surface area contributed by atoms with Crippen molar-refractivity contribution in [2.24, 2.45) is 0 Å². The second-order valence-corrected chi connectivity index (χ2v) is 8.09. The lowest BCUT2D eigenvalue weighted by Gasteiger charge is -2.40. The van der Waals surface area contributed by atoms with Crippen molar-refractivity contribution in [3.63, 3.8) is 0 Å². The van der Waals surface area contributed by atoms with E-state index in [2.05, 4.69) is 15.5 Å². The van der Waals surface area contributed by atoms with Crippen LogP contribution in [-0.4, -0.2) is 61.6 Å². The van der Waals surface area contributed by atoms with E-state index >= 15 is 0 Å². The van der Waals surface area contributed by atoms with Gasteiger partial charge in [0.15, 0.2) is 10.1 Å². The van der Waals surface area contributed by atoms with E-state index < -0.39 is 0 Å². The highest BCUT2D eigenvalue weighted by molar-refractivity contribution is 8.01. The highest BCUT2D eigenvalue weighted by Crippen LogP contribution is 2.43. The van der Waals surface area contributed by atoms with E-state index in [1.165, 1.54) is 0 Å². The van der Waals surface area contributed by atoms with Crippen LogP contribution in [0.3, 0.4) is 0 Å². The molecular formula is C13H22N4O2S2. The summed E-state index contributed by atoms with van der Waals surface area (Å²) < 4.78 is 12.8. The van der Waals surface area contributed by atoms with Gasteiger partial charge in [-0.05, 0) is 13.5 Å². The predicted molar refractivity (Wildman–Crippen MR) is 85.2 cm³/mol. The molecule has 1 spiro atoms. The molecule has 1 aliphatic heterocycles. The van der Waals surface area contributed by atoms with E-state index in [1.54, 1.807) is 23.1 Å². The van der Waals surface area contributed by atoms with E-state index in [0.29, 0.717) is 24.5 Å². The third-order valence-corrected chi connectivity index (χ3v) is 6.52. The standard InChI is InChI=1S/C13H22N4O2S2/c1-14-9-4-5-13(18-6-7-19-13)8-10(9)20-12-16-15-11(21-12)17(2)3/h9-10,14H,4-8H2,1-3H3. The molecule has 2 aliphatic rings. The van der Waals surface area contributed by atoms with Crippen molar-refractivity contribution < 1.29 is 9.47 Å². The number of nitrogens with one attached hydrogen (secondary N) is 1. The van der Waals surface area contributed by atoms with Gasteiger partial charge in [-0.1, -0.05) is 23.1 Å². The van der Waals surface area contributed by atoms with Gasteiger partial charge < -0.3 is 19.7 Å². The summed E-state index contributed by atoms with van der Waals surface area (Å²) in [5.41, 5.74) is 0. The fourth-order valence-corrected chi connectivity index (χ4v) is 5.30. The van der Waals surface area contributed by atoms with Crippen LogP contribution >= 0.6 is 23.1 Å². The Balaban J connectivity index is 1.70. The van der Waals surface area contributed by atoms with Crippen LogP contribution in [0.5, 0.6) is 0 Å². The third kappa shape index (κ3) is 3.34. The predicted octanol–water partition coefficient (Wildman–Crippen LogP) is 1.58. The minimum Gasteiger partial charge on any atom is -0.353 e. The van der Waals surface area contributed by atoms with E-state index in [4.69, 9.17) is 9.47 Å². The van der Waals surface area contributed by atoms with E-state index in [9.17, 15) is 0 Å². The van der Waals surface area contributed by atoms with Crippen LogP contribution < -0.4 is 10.2 Å². The zero-order valence-corrected chi connectivity index (χ0v) is 14.3. The van der Waals surface area contributed by atoms with Crippen LogP contribution in [0.4, 0.5) is 5.13 Å². The Morgan fingerprint density at radius 1 is 1.33 bits per heavy atom. The highest BCUT2D eigenvalue weighted by Gasteiger charge is 2.45. The topological polar surface area (TPSA) is 59.5 Å². The second kappa shape index (κ2) is 6.37. The molecule has 8 heteroatoms. The molecule has 21 heavy (non-hydrogen) atoms. The van der Waals surface area contributed by atoms with Crippen LogP contribution in [0.1, 0.15) is 19.3 Å². The zero-order chi connectivity index (χ0) is 14.9. The quantitative estimate of drug-likeness (QED) is 0.899. The maximum absolute atomic E-state index is 5.88. The molecule has 1 N–H and O–H groups in total. The summed E-state index contributed by atoms with van der Waals surface area (Å²) in [7, 11) is 6.00. The van der Waals surface area contributed by atoms with Gasteiger partial charge >= 0.3 is 0 Å². The Kier molecular flexibility index (Phi) is 4.70. The number of hydrogen-bond acceptors (Lipinski definition) is 8. The van der Waals surface area contributed by atoms with Gasteiger partial charge in [-0.2, -0.15) is 0 Å². The Morgan fingerprint density at radius 3 is 2.71 bits per heavy atom. The number of anilines is 1. The molecule has 2 unspecified atom stereocenters. The zero-order valence-electron chi connectivity index (χ0n) is 12.7. The first-order valence-electron chi connectivity index (χ1n) is 7.24. The van der Waals surface area contributed by atoms with Crippen molar-refractivity contribution >= 4 is 28.2 Å². The monoisotopic (exact) mass is 330 g/mol. The molecule has 118 valence electrons. The van der Waals surface area contributed by atoms with Gasteiger partial charge in [0.25, 0.3) is 0 Å². The average Bonchev–Trinajstić information content (AvgIpc) is 3.09. The van der Waals surface area contributed by atoms with Gasteiger partial charge in [0, 0.05) is 38.2 Å². The highest BCUT2D eigenvalue weighted by atomic mass is 32.2. The lowest BCUT2D eigenvalue weighted by molar-refractivity contribution is -0.177. The number of aromatic nitrogens is 2. The largest absolute Gasteiger partial charge is 0.353 e. The van der Waals surface area contributed by atoms with Gasteiger partial charge in [0.05, 0.1) is 13.2 Å². The molecule has 3 rings (SSSR count). The van der Waals surface area contributed by atoms with Crippen LogP contribution in [0, 0.1) is 0 Å². The summed E-state index contributed by atoms with van der Waals surface area (Å²) in [6, 6.07) is 0.458. The number of nitrogens with zero attached hydrogens (tertiary/aromatic N) is 3. The molecule has 2 heterocycles. The van der Waals surface area contributed by atoms with Crippen LogP contribution in [0.15, 0.2) is 4.34 Å². The first kappa shape index (κ1) is 15.5. The Bertz CT molecular complexity index is 476. The van der Waals surface area contributed by atoms with Crippen LogP contribution in [0.2, 0.25) is 0 Å². The molecule has 2 atom stereocenters. The maximum Gasteiger partial charge on any atom is 0.208 e. The van der Waals surface area contributed by atoms with Gasteiger partial charge in [-0.25, -0.2) is 0 Å². The molecule has 0 aromatic carbocycles. The molecule has 1 saturated carbocycles. The van der Waals surface area contributed by atoms with Gasteiger partial charge in [0.1, 0.15) is 0 Å². The SMILES string of the molecule is CNC1CCC2(CC1Sc1nnc(N(C)C)s1)OCCO2. The summed E-state index contributed by atoms with van der Waals surface area (Å²) in [4.78, 5) is 1.99. The minimum atomic E-state index is -0.361. The Labute approximate surface area is 133 Å². The van der Waals surface area contributed by atoms with Crippen molar-refractivity contribution in [3.8, 4) is 0 Å². The summed E-state index contributed by atoms with van der Waals surface area (Å²) in [5.74, 6) is -0.361. The fourth-order valence-electron chi connectivity index (χ4n) is 2.89. The van der Waals surface area contributed by atoms with E-state index in [1.807, 2.05) is 26.0 Å². The van der Waals surface area contributed by atoms with Gasteiger partial charge in [-0.15, -0.1) is 10.2 Å². The number of ether oxygens (including phenoxy) is 2. The first-order valence-corrected chi connectivity index (χ1v) is 8.94. The minimum absolute atomic E-state index is 0.361. The molecule has 1 aromatic rings. The second-order valence-electron chi connectivity index (χ2n) is 5.65. The summed E-state index contributed by atoms with van der Waals surface area (Å²) in [6.45, 7) is 1.43. The molecule has 6 nitrogen and oxygen atoms in total. The van der Waals surface area contributed by atoms with Gasteiger partial charge in [0.2, 0.25) is 5.13 Å². The number of hydrogen-bond donors (Lipinski definition) is 1. The maximum atomic E-state index is 5.88. The summed E-state index contributed by atoms with van der Waals surface area (Å²) in [6.07, 6.45) is 2.93.